The fourth-order valence-corrected chi connectivity index (χ4v) is 5.40. The lowest BCUT2D eigenvalue weighted by molar-refractivity contribution is -0.149. The first-order chi connectivity index (χ1) is 16.4. The summed E-state index contributed by atoms with van der Waals surface area (Å²) in [6.45, 7) is 5.22. The summed E-state index contributed by atoms with van der Waals surface area (Å²) in [6, 6.07) is 14.6. The Morgan fingerprint density at radius 1 is 1.00 bits per heavy atom. The van der Waals surface area contributed by atoms with E-state index in [-0.39, 0.29) is 23.5 Å². The molecule has 1 atom stereocenters. The van der Waals surface area contributed by atoms with E-state index in [0.29, 0.717) is 31.8 Å². The van der Waals surface area contributed by atoms with Crippen LogP contribution in [0.3, 0.4) is 0 Å². The third-order valence-corrected chi connectivity index (χ3v) is 7.41. The lowest BCUT2D eigenvalue weighted by atomic mass is 9.83. The standard InChI is InChI=1S/C26H35NO6S/c1-3-18-32-23-12-10-21(11-13-23)25(26(28)33-19-20-8-6-5-7-9-20)27-34(29,30)24-16-14-22(15-17-24)31-4-2/h5-9,14-17,21,23,25,27H,3-4,10-13,18-19H2,1-2H3/t21?,23?,25-/m1/s1. The van der Waals surface area contributed by atoms with E-state index in [1.54, 1.807) is 12.1 Å². The Labute approximate surface area is 202 Å². The fraction of sp³-hybridized carbons (Fsp3) is 0.500. The Hall–Kier alpha value is -2.42. The van der Waals surface area contributed by atoms with Crippen molar-refractivity contribution in [1.82, 2.24) is 4.72 Å². The van der Waals surface area contributed by atoms with Crippen molar-refractivity contribution in [2.24, 2.45) is 5.92 Å². The van der Waals surface area contributed by atoms with Crippen LogP contribution < -0.4 is 9.46 Å². The maximum Gasteiger partial charge on any atom is 0.324 e. The summed E-state index contributed by atoms with van der Waals surface area (Å²) in [4.78, 5) is 13.2. The lowest BCUT2D eigenvalue weighted by Gasteiger charge is -2.33. The average Bonchev–Trinajstić information content (AvgIpc) is 2.86. The highest BCUT2D eigenvalue weighted by Gasteiger charge is 2.36. The zero-order chi connectivity index (χ0) is 24.4. The van der Waals surface area contributed by atoms with Crippen molar-refractivity contribution >= 4 is 16.0 Å². The Morgan fingerprint density at radius 2 is 1.68 bits per heavy atom. The molecule has 2 aromatic carbocycles. The molecule has 0 spiro atoms. The van der Waals surface area contributed by atoms with Crippen molar-refractivity contribution in [1.29, 1.82) is 0 Å². The second-order valence-corrected chi connectivity index (χ2v) is 10.2. The van der Waals surface area contributed by atoms with E-state index in [4.69, 9.17) is 14.2 Å². The van der Waals surface area contributed by atoms with E-state index in [2.05, 4.69) is 11.6 Å². The van der Waals surface area contributed by atoms with Crippen molar-refractivity contribution in [2.75, 3.05) is 13.2 Å². The van der Waals surface area contributed by atoms with Gasteiger partial charge in [-0.25, -0.2) is 8.42 Å². The normalized spacial score (nSPS) is 19.4. The maximum atomic E-state index is 13.2. The first-order valence-corrected chi connectivity index (χ1v) is 13.5. The minimum absolute atomic E-state index is 0.0803. The van der Waals surface area contributed by atoms with Crippen LogP contribution in [0.15, 0.2) is 59.5 Å². The number of rotatable bonds is 12. The van der Waals surface area contributed by atoms with Crippen molar-refractivity contribution in [3.05, 3.63) is 60.2 Å². The van der Waals surface area contributed by atoms with Gasteiger partial charge >= 0.3 is 5.97 Å². The van der Waals surface area contributed by atoms with Crippen LogP contribution in [0.4, 0.5) is 0 Å². The number of hydrogen-bond donors (Lipinski definition) is 1. The van der Waals surface area contributed by atoms with Gasteiger partial charge in [0.05, 0.1) is 17.6 Å². The minimum atomic E-state index is -3.93. The Morgan fingerprint density at radius 3 is 2.29 bits per heavy atom. The smallest absolute Gasteiger partial charge is 0.324 e. The number of nitrogens with one attached hydrogen (secondary N) is 1. The number of ether oxygens (including phenoxy) is 3. The molecule has 0 bridgehead atoms. The second-order valence-electron chi connectivity index (χ2n) is 8.50. The first kappa shape index (κ1) is 26.2. The molecule has 0 unspecified atom stereocenters. The zero-order valence-electron chi connectivity index (χ0n) is 19.9. The number of esters is 1. The molecule has 1 aliphatic carbocycles. The third-order valence-electron chi connectivity index (χ3n) is 5.95. The first-order valence-electron chi connectivity index (χ1n) is 12.0. The van der Waals surface area contributed by atoms with Gasteiger partial charge in [-0.1, -0.05) is 37.3 Å². The Kier molecular flexibility index (Phi) is 9.92. The highest BCUT2D eigenvalue weighted by atomic mass is 32.2. The van der Waals surface area contributed by atoms with Crippen molar-refractivity contribution in [2.45, 2.75) is 69.6 Å². The number of carbonyl (C=O) groups is 1. The molecule has 1 N–H and O–H groups in total. The van der Waals surface area contributed by atoms with Crippen LogP contribution in [0, 0.1) is 5.92 Å². The van der Waals surface area contributed by atoms with Gasteiger partial charge in [-0.15, -0.1) is 0 Å². The summed E-state index contributed by atoms with van der Waals surface area (Å²) >= 11 is 0. The summed E-state index contributed by atoms with van der Waals surface area (Å²) < 4.78 is 45.8. The van der Waals surface area contributed by atoms with E-state index in [0.717, 1.165) is 24.8 Å². The highest BCUT2D eigenvalue weighted by Crippen LogP contribution is 2.30. The topological polar surface area (TPSA) is 90.9 Å². The average molecular weight is 490 g/mol. The molecule has 0 radical (unpaired) electrons. The number of hydrogen-bond acceptors (Lipinski definition) is 6. The van der Waals surface area contributed by atoms with Gasteiger partial charge in [-0.05, 0) is 74.8 Å². The van der Waals surface area contributed by atoms with E-state index < -0.39 is 22.0 Å². The number of sulfonamides is 1. The molecule has 7 nitrogen and oxygen atoms in total. The predicted octanol–water partition coefficient (Wildman–Crippen LogP) is 4.46. The summed E-state index contributed by atoms with van der Waals surface area (Å²) in [5.41, 5.74) is 0.848. The van der Waals surface area contributed by atoms with E-state index in [1.165, 1.54) is 12.1 Å². The fourth-order valence-electron chi connectivity index (χ4n) is 4.15. The molecule has 3 rings (SSSR count). The number of carbonyl (C=O) groups excluding carboxylic acids is 1. The molecule has 0 saturated heterocycles. The van der Waals surface area contributed by atoms with E-state index in [9.17, 15) is 13.2 Å². The molecular formula is C26H35NO6S. The molecule has 0 aromatic heterocycles. The van der Waals surface area contributed by atoms with Gasteiger partial charge < -0.3 is 14.2 Å². The molecule has 2 aromatic rings. The van der Waals surface area contributed by atoms with Gasteiger partial charge in [0, 0.05) is 6.61 Å². The van der Waals surface area contributed by atoms with Crippen LogP contribution in [0.1, 0.15) is 51.5 Å². The molecule has 0 amide bonds. The molecule has 0 heterocycles. The molecule has 186 valence electrons. The van der Waals surface area contributed by atoms with Crippen LogP contribution in [-0.2, 0) is 30.9 Å². The quantitative estimate of drug-likeness (QED) is 0.443. The predicted molar refractivity (Wildman–Crippen MR) is 130 cm³/mol. The zero-order valence-corrected chi connectivity index (χ0v) is 20.8. The summed E-state index contributed by atoms with van der Waals surface area (Å²) in [7, 11) is -3.93. The van der Waals surface area contributed by atoms with Gasteiger partial charge in [0.1, 0.15) is 18.4 Å². The Balaban J connectivity index is 1.73. The summed E-state index contributed by atoms with van der Waals surface area (Å²) in [5.74, 6) is -0.135. The van der Waals surface area contributed by atoms with Crippen LogP contribution in [0.25, 0.3) is 0 Å². The van der Waals surface area contributed by atoms with Crippen LogP contribution in [-0.4, -0.2) is 39.7 Å². The highest BCUT2D eigenvalue weighted by molar-refractivity contribution is 7.89. The Bertz CT molecular complexity index is 986. The van der Waals surface area contributed by atoms with Crippen molar-refractivity contribution < 1.29 is 27.4 Å². The van der Waals surface area contributed by atoms with Gasteiger partial charge in [0.25, 0.3) is 0 Å². The van der Waals surface area contributed by atoms with Crippen LogP contribution >= 0.6 is 0 Å². The molecule has 1 saturated carbocycles. The van der Waals surface area contributed by atoms with Crippen molar-refractivity contribution in [3.63, 3.8) is 0 Å². The monoisotopic (exact) mass is 489 g/mol. The van der Waals surface area contributed by atoms with E-state index >= 15 is 0 Å². The molecule has 8 heteroatoms. The van der Waals surface area contributed by atoms with Crippen molar-refractivity contribution in [3.8, 4) is 5.75 Å². The number of benzene rings is 2. The van der Waals surface area contributed by atoms with Gasteiger partial charge in [-0.3, -0.25) is 4.79 Å². The summed E-state index contributed by atoms with van der Waals surface area (Å²) in [5, 5.41) is 0. The largest absolute Gasteiger partial charge is 0.494 e. The maximum absolute atomic E-state index is 13.2. The van der Waals surface area contributed by atoms with Crippen LogP contribution in [0.5, 0.6) is 5.75 Å². The second kappa shape index (κ2) is 12.9. The van der Waals surface area contributed by atoms with Gasteiger partial charge in [0.15, 0.2) is 0 Å². The molecule has 0 aliphatic heterocycles. The minimum Gasteiger partial charge on any atom is -0.494 e. The van der Waals surface area contributed by atoms with E-state index in [1.807, 2.05) is 37.3 Å². The van der Waals surface area contributed by atoms with Gasteiger partial charge in [0.2, 0.25) is 10.0 Å². The molecule has 1 aliphatic rings. The lowest BCUT2D eigenvalue weighted by Crippen LogP contribution is -2.48. The van der Waals surface area contributed by atoms with Crippen LogP contribution in [0.2, 0.25) is 0 Å². The molecule has 34 heavy (non-hydrogen) atoms. The SMILES string of the molecule is CCCOC1CCC([C@@H](NS(=O)(=O)c2ccc(OCC)cc2)C(=O)OCc2ccccc2)CC1. The summed E-state index contributed by atoms with van der Waals surface area (Å²) in [6.07, 6.45) is 4.06. The van der Waals surface area contributed by atoms with Gasteiger partial charge in [-0.2, -0.15) is 4.72 Å². The molecular weight excluding hydrogens is 454 g/mol. The molecule has 1 fully saturated rings. The third kappa shape index (κ3) is 7.55.